The highest BCUT2D eigenvalue weighted by molar-refractivity contribution is 5.20. The summed E-state index contributed by atoms with van der Waals surface area (Å²) in [4.78, 5) is 2.10. The van der Waals surface area contributed by atoms with Crippen molar-refractivity contribution in [3.05, 3.63) is 30.3 Å². The maximum Gasteiger partial charge on any atom is 0.119 e. The molecule has 1 aromatic carbocycles. The molecule has 1 saturated heterocycles. The third-order valence-electron chi connectivity index (χ3n) is 2.63. The zero-order chi connectivity index (χ0) is 10.5. The molecule has 3 heteroatoms. The van der Waals surface area contributed by atoms with Gasteiger partial charge in [-0.25, -0.2) is 4.39 Å². The van der Waals surface area contributed by atoms with Crippen molar-refractivity contribution >= 4 is 0 Å². The Labute approximate surface area is 89.7 Å². The maximum atomic E-state index is 12.8. The van der Waals surface area contributed by atoms with Crippen molar-refractivity contribution < 1.29 is 9.13 Å². The molecular weight excluding hydrogens is 193 g/mol. The van der Waals surface area contributed by atoms with Crippen LogP contribution in [0.5, 0.6) is 5.75 Å². The van der Waals surface area contributed by atoms with Crippen LogP contribution in [-0.2, 0) is 0 Å². The van der Waals surface area contributed by atoms with E-state index in [1.807, 2.05) is 30.3 Å². The summed E-state index contributed by atoms with van der Waals surface area (Å²) in [6.45, 7) is 2.88. The summed E-state index contributed by atoms with van der Waals surface area (Å²) < 4.78 is 18.4. The van der Waals surface area contributed by atoms with E-state index in [0.717, 1.165) is 18.8 Å². The van der Waals surface area contributed by atoms with Gasteiger partial charge in [-0.05, 0) is 18.6 Å². The molecule has 2 nitrogen and oxygen atoms in total. The zero-order valence-electron chi connectivity index (χ0n) is 8.73. The molecule has 1 aliphatic heterocycles. The van der Waals surface area contributed by atoms with Gasteiger partial charge in [0.1, 0.15) is 18.5 Å². The van der Waals surface area contributed by atoms with E-state index >= 15 is 0 Å². The van der Waals surface area contributed by atoms with Crippen molar-refractivity contribution in [2.24, 2.45) is 0 Å². The number of nitrogens with zero attached hydrogens (tertiary/aromatic N) is 1. The monoisotopic (exact) mass is 209 g/mol. The van der Waals surface area contributed by atoms with Gasteiger partial charge in [0.2, 0.25) is 0 Å². The molecule has 0 saturated carbocycles. The predicted octanol–water partition coefficient (Wildman–Crippen LogP) is 2.11. The summed E-state index contributed by atoms with van der Waals surface area (Å²) in [6, 6.07) is 9.72. The maximum absolute atomic E-state index is 12.8. The SMILES string of the molecule is F[C@@H]1CCN(CCOc2ccccc2)C1. The molecule has 0 aromatic heterocycles. The number of ether oxygens (including phenoxy) is 1. The highest BCUT2D eigenvalue weighted by atomic mass is 19.1. The van der Waals surface area contributed by atoms with Crippen molar-refractivity contribution in [1.82, 2.24) is 4.90 Å². The molecule has 1 aliphatic rings. The molecule has 0 N–H and O–H groups in total. The molecular formula is C12H16FNO. The second-order valence-electron chi connectivity index (χ2n) is 3.85. The first kappa shape index (κ1) is 10.4. The van der Waals surface area contributed by atoms with Crippen molar-refractivity contribution in [2.45, 2.75) is 12.6 Å². The Morgan fingerprint density at radius 1 is 1.33 bits per heavy atom. The molecule has 2 rings (SSSR count). The molecule has 0 unspecified atom stereocenters. The van der Waals surface area contributed by atoms with Gasteiger partial charge in [0, 0.05) is 19.6 Å². The number of likely N-dealkylation sites (tertiary alicyclic amines) is 1. The largest absolute Gasteiger partial charge is 0.492 e. The van der Waals surface area contributed by atoms with Gasteiger partial charge >= 0.3 is 0 Å². The van der Waals surface area contributed by atoms with Crippen LogP contribution in [0.2, 0.25) is 0 Å². The Morgan fingerprint density at radius 3 is 2.80 bits per heavy atom. The Kier molecular flexibility index (Phi) is 3.56. The minimum Gasteiger partial charge on any atom is -0.492 e. The minimum absolute atomic E-state index is 0.568. The molecule has 0 radical (unpaired) electrons. The Hall–Kier alpha value is -1.09. The predicted molar refractivity (Wildman–Crippen MR) is 57.9 cm³/mol. The van der Waals surface area contributed by atoms with Crippen LogP contribution in [0.3, 0.4) is 0 Å². The van der Waals surface area contributed by atoms with E-state index in [9.17, 15) is 4.39 Å². The van der Waals surface area contributed by atoms with Crippen LogP contribution in [-0.4, -0.2) is 37.3 Å². The van der Waals surface area contributed by atoms with E-state index in [4.69, 9.17) is 4.74 Å². The first-order valence-electron chi connectivity index (χ1n) is 5.39. The van der Waals surface area contributed by atoms with Gasteiger partial charge in [0.25, 0.3) is 0 Å². The van der Waals surface area contributed by atoms with Gasteiger partial charge in [-0.15, -0.1) is 0 Å². The average Bonchev–Trinajstić information content (AvgIpc) is 2.66. The van der Waals surface area contributed by atoms with E-state index in [2.05, 4.69) is 4.90 Å². The first-order valence-corrected chi connectivity index (χ1v) is 5.39. The molecule has 1 heterocycles. The van der Waals surface area contributed by atoms with Crippen LogP contribution >= 0.6 is 0 Å². The number of benzene rings is 1. The normalized spacial score (nSPS) is 21.8. The zero-order valence-corrected chi connectivity index (χ0v) is 8.73. The third kappa shape index (κ3) is 3.20. The van der Waals surface area contributed by atoms with Gasteiger partial charge in [-0.3, -0.25) is 4.90 Å². The van der Waals surface area contributed by atoms with Crippen LogP contribution in [0, 0.1) is 0 Å². The summed E-state index contributed by atoms with van der Waals surface area (Å²) in [7, 11) is 0. The van der Waals surface area contributed by atoms with Gasteiger partial charge < -0.3 is 4.74 Å². The van der Waals surface area contributed by atoms with E-state index < -0.39 is 6.17 Å². The van der Waals surface area contributed by atoms with Crippen LogP contribution in [0.4, 0.5) is 4.39 Å². The average molecular weight is 209 g/mol. The van der Waals surface area contributed by atoms with Gasteiger partial charge in [-0.2, -0.15) is 0 Å². The lowest BCUT2D eigenvalue weighted by Gasteiger charge is -2.14. The highest BCUT2D eigenvalue weighted by Gasteiger charge is 2.20. The second-order valence-corrected chi connectivity index (χ2v) is 3.85. The lowest BCUT2D eigenvalue weighted by Crippen LogP contribution is -2.26. The smallest absolute Gasteiger partial charge is 0.119 e. The van der Waals surface area contributed by atoms with Crippen LogP contribution < -0.4 is 4.74 Å². The fraction of sp³-hybridized carbons (Fsp3) is 0.500. The van der Waals surface area contributed by atoms with Crippen molar-refractivity contribution in [3.63, 3.8) is 0 Å². The van der Waals surface area contributed by atoms with E-state index in [1.165, 1.54) is 0 Å². The van der Waals surface area contributed by atoms with Crippen LogP contribution in [0.25, 0.3) is 0 Å². The fourth-order valence-corrected chi connectivity index (χ4v) is 1.80. The summed E-state index contributed by atoms with van der Waals surface area (Å²) in [6.07, 6.45) is 0.0347. The van der Waals surface area contributed by atoms with Gasteiger partial charge in [0.05, 0.1) is 0 Å². The van der Waals surface area contributed by atoms with Crippen molar-refractivity contribution in [3.8, 4) is 5.75 Å². The molecule has 1 aromatic rings. The van der Waals surface area contributed by atoms with Crippen LogP contribution in [0.15, 0.2) is 30.3 Å². The van der Waals surface area contributed by atoms with E-state index in [0.29, 0.717) is 19.6 Å². The third-order valence-corrected chi connectivity index (χ3v) is 2.63. The number of halogens is 1. The second kappa shape index (κ2) is 5.12. The van der Waals surface area contributed by atoms with Crippen molar-refractivity contribution in [2.75, 3.05) is 26.2 Å². The van der Waals surface area contributed by atoms with E-state index in [1.54, 1.807) is 0 Å². The molecule has 82 valence electrons. The van der Waals surface area contributed by atoms with Gasteiger partial charge in [-0.1, -0.05) is 18.2 Å². The lowest BCUT2D eigenvalue weighted by atomic mass is 10.3. The molecule has 0 amide bonds. The molecule has 15 heavy (non-hydrogen) atoms. The van der Waals surface area contributed by atoms with Crippen LogP contribution in [0.1, 0.15) is 6.42 Å². The first-order chi connectivity index (χ1) is 7.34. The molecule has 0 spiro atoms. The molecule has 1 fully saturated rings. The number of alkyl halides is 1. The number of para-hydroxylation sites is 1. The fourth-order valence-electron chi connectivity index (χ4n) is 1.80. The summed E-state index contributed by atoms with van der Waals surface area (Å²) in [5.74, 6) is 0.883. The number of hydrogen-bond donors (Lipinski definition) is 0. The van der Waals surface area contributed by atoms with Gasteiger partial charge in [0.15, 0.2) is 0 Å². The summed E-state index contributed by atoms with van der Waals surface area (Å²) in [5.41, 5.74) is 0. The number of rotatable bonds is 4. The standard InChI is InChI=1S/C12H16FNO/c13-11-6-7-14(10-11)8-9-15-12-4-2-1-3-5-12/h1-5,11H,6-10H2/t11-/m1/s1. The molecule has 1 atom stereocenters. The topological polar surface area (TPSA) is 12.5 Å². The highest BCUT2D eigenvalue weighted by Crippen LogP contribution is 2.12. The Balaban J connectivity index is 1.67. The summed E-state index contributed by atoms with van der Waals surface area (Å²) >= 11 is 0. The Morgan fingerprint density at radius 2 is 2.13 bits per heavy atom. The quantitative estimate of drug-likeness (QED) is 0.753. The van der Waals surface area contributed by atoms with Crippen molar-refractivity contribution in [1.29, 1.82) is 0 Å². The lowest BCUT2D eigenvalue weighted by molar-refractivity contribution is 0.224. The minimum atomic E-state index is -0.637. The van der Waals surface area contributed by atoms with E-state index in [-0.39, 0.29) is 0 Å². The number of hydrogen-bond acceptors (Lipinski definition) is 2. The molecule has 0 bridgehead atoms. The molecule has 0 aliphatic carbocycles. The Bertz CT molecular complexity index is 291. The summed E-state index contributed by atoms with van der Waals surface area (Å²) in [5, 5.41) is 0.